The molecule has 1 aliphatic heterocycles. The Hall–Kier alpha value is -2.90. The molecule has 7 nitrogen and oxygen atoms in total. The minimum absolute atomic E-state index is 0.0737. The normalized spacial score (nSPS) is 16.7. The maximum atomic E-state index is 12.2. The van der Waals surface area contributed by atoms with Gasteiger partial charge in [-0.05, 0) is 36.6 Å². The third-order valence-electron chi connectivity index (χ3n) is 5.07. The van der Waals surface area contributed by atoms with Crippen LogP contribution in [-0.4, -0.2) is 56.6 Å². The lowest BCUT2D eigenvalue weighted by atomic mass is 10.1. The molecule has 1 heterocycles. The van der Waals surface area contributed by atoms with Crippen LogP contribution in [0.3, 0.4) is 0 Å². The van der Waals surface area contributed by atoms with Crippen LogP contribution in [0.2, 0.25) is 0 Å². The third-order valence-corrected chi connectivity index (χ3v) is 5.07. The number of amides is 2. The molecule has 0 unspecified atom stereocenters. The third kappa shape index (κ3) is 6.05. The van der Waals surface area contributed by atoms with Gasteiger partial charge in [0.25, 0.3) is 0 Å². The highest BCUT2D eigenvalue weighted by Crippen LogP contribution is 2.25. The molecule has 1 aliphatic rings. The van der Waals surface area contributed by atoms with Gasteiger partial charge in [0.05, 0.1) is 25.5 Å². The molecule has 3 rings (SSSR count). The summed E-state index contributed by atoms with van der Waals surface area (Å²) in [5.41, 5.74) is 2.63. The Morgan fingerprint density at radius 2 is 1.97 bits per heavy atom. The molecule has 1 saturated heterocycles. The lowest BCUT2D eigenvalue weighted by Gasteiger charge is -2.33. The molecule has 2 aromatic rings. The monoisotopic (exact) mass is 411 g/mol. The van der Waals surface area contributed by atoms with E-state index >= 15 is 0 Å². The lowest BCUT2D eigenvalue weighted by Crippen LogP contribution is -2.41. The maximum Gasteiger partial charge on any atom is 0.313 e. The van der Waals surface area contributed by atoms with Crippen LogP contribution in [0.25, 0.3) is 0 Å². The number of ether oxygens (including phenoxy) is 2. The number of rotatable bonds is 7. The van der Waals surface area contributed by atoms with Crippen molar-refractivity contribution in [3.05, 3.63) is 59.7 Å². The number of nitrogens with one attached hydrogen (secondary N) is 2. The van der Waals surface area contributed by atoms with E-state index in [-0.39, 0.29) is 6.10 Å². The van der Waals surface area contributed by atoms with E-state index in [0.29, 0.717) is 24.6 Å². The molecule has 160 valence electrons. The molecule has 0 aromatic heterocycles. The number of hydrogen-bond donors (Lipinski definition) is 2. The van der Waals surface area contributed by atoms with Crippen molar-refractivity contribution in [3.63, 3.8) is 0 Å². The average Bonchev–Trinajstić information content (AvgIpc) is 2.77. The van der Waals surface area contributed by atoms with Gasteiger partial charge in [-0.1, -0.05) is 36.4 Å². The second kappa shape index (κ2) is 10.8. The quantitative estimate of drug-likeness (QED) is 0.541. The van der Waals surface area contributed by atoms with Gasteiger partial charge in [-0.15, -0.1) is 0 Å². The van der Waals surface area contributed by atoms with Crippen LogP contribution >= 0.6 is 0 Å². The fraction of sp³-hybridized carbons (Fsp3) is 0.391. The highest BCUT2D eigenvalue weighted by molar-refractivity contribution is 6.39. The van der Waals surface area contributed by atoms with Crippen molar-refractivity contribution in [2.45, 2.75) is 19.4 Å². The van der Waals surface area contributed by atoms with E-state index in [1.54, 1.807) is 12.1 Å². The van der Waals surface area contributed by atoms with E-state index < -0.39 is 11.8 Å². The number of hydrogen-bond acceptors (Lipinski definition) is 5. The highest BCUT2D eigenvalue weighted by atomic mass is 16.5. The largest absolute Gasteiger partial charge is 0.495 e. The molecular formula is C23H29N3O4. The van der Waals surface area contributed by atoms with E-state index in [0.717, 1.165) is 31.6 Å². The van der Waals surface area contributed by atoms with Crippen molar-refractivity contribution >= 4 is 17.5 Å². The predicted molar refractivity (Wildman–Crippen MR) is 116 cm³/mol. The van der Waals surface area contributed by atoms with E-state index in [1.165, 1.54) is 12.7 Å². The predicted octanol–water partition coefficient (Wildman–Crippen LogP) is 2.52. The fourth-order valence-corrected chi connectivity index (χ4v) is 3.46. The Balaban J connectivity index is 1.40. The minimum atomic E-state index is -0.700. The smallest absolute Gasteiger partial charge is 0.313 e. The Morgan fingerprint density at radius 3 is 2.73 bits per heavy atom. The highest BCUT2D eigenvalue weighted by Gasteiger charge is 2.21. The van der Waals surface area contributed by atoms with Crippen molar-refractivity contribution in [1.82, 2.24) is 10.2 Å². The molecule has 2 N–H and O–H groups in total. The van der Waals surface area contributed by atoms with Crippen LogP contribution in [0.4, 0.5) is 5.69 Å². The molecule has 0 bridgehead atoms. The van der Waals surface area contributed by atoms with E-state index in [4.69, 9.17) is 9.47 Å². The van der Waals surface area contributed by atoms with Crippen LogP contribution in [0.15, 0.2) is 48.5 Å². The van der Waals surface area contributed by atoms with Gasteiger partial charge in [-0.2, -0.15) is 0 Å². The summed E-state index contributed by atoms with van der Waals surface area (Å²) < 4.78 is 11.1. The number of anilines is 1. The molecule has 1 atom stereocenters. The van der Waals surface area contributed by atoms with Gasteiger partial charge in [0.2, 0.25) is 0 Å². The van der Waals surface area contributed by atoms with Gasteiger partial charge in [0.1, 0.15) is 5.75 Å². The molecule has 0 radical (unpaired) electrons. The first-order chi connectivity index (χ1) is 14.6. The standard InChI is InChI=1S/C23H29N3O4/c1-17-9-10-20(29-2)19(15-17)25-23(28)22(27)24-11-6-12-26-13-14-30-21(16-26)18-7-4-3-5-8-18/h3-5,7-10,15,21H,6,11-14,16H2,1-2H3,(H,24,27)(H,25,28)/t21-/m1/s1. The molecule has 0 aliphatic carbocycles. The molecule has 0 saturated carbocycles. The first-order valence-corrected chi connectivity index (χ1v) is 10.2. The summed E-state index contributed by atoms with van der Waals surface area (Å²) in [6, 6.07) is 15.6. The molecule has 2 aromatic carbocycles. The van der Waals surface area contributed by atoms with Crippen molar-refractivity contribution in [1.29, 1.82) is 0 Å². The summed E-state index contributed by atoms with van der Waals surface area (Å²) in [6.07, 6.45) is 0.832. The Morgan fingerprint density at radius 1 is 1.17 bits per heavy atom. The Bertz CT molecular complexity index is 857. The molecule has 0 spiro atoms. The van der Waals surface area contributed by atoms with Crippen LogP contribution in [0.1, 0.15) is 23.7 Å². The van der Waals surface area contributed by atoms with Crippen molar-refractivity contribution in [2.24, 2.45) is 0 Å². The minimum Gasteiger partial charge on any atom is -0.495 e. The van der Waals surface area contributed by atoms with Crippen molar-refractivity contribution < 1.29 is 19.1 Å². The van der Waals surface area contributed by atoms with E-state index in [1.807, 2.05) is 31.2 Å². The first-order valence-electron chi connectivity index (χ1n) is 10.2. The number of morpholine rings is 1. The summed E-state index contributed by atoms with van der Waals surface area (Å²) in [6.45, 7) is 5.55. The zero-order valence-electron chi connectivity index (χ0n) is 17.5. The van der Waals surface area contributed by atoms with Gasteiger partial charge in [-0.25, -0.2) is 0 Å². The summed E-state index contributed by atoms with van der Waals surface area (Å²) in [4.78, 5) is 26.6. The summed E-state index contributed by atoms with van der Waals surface area (Å²) in [5, 5.41) is 5.30. The molecule has 1 fully saturated rings. The Labute approximate surface area is 177 Å². The lowest BCUT2D eigenvalue weighted by molar-refractivity contribution is -0.136. The summed E-state index contributed by atoms with van der Waals surface area (Å²) in [7, 11) is 1.52. The zero-order valence-corrected chi connectivity index (χ0v) is 17.5. The van der Waals surface area contributed by atoms with Crippen LogP contribution in [0, 0.1) is 6.92 Å². The molecule has 2 amide bonds. The second-order valence-electron chi connectivity index (χ2n) is 7.34. The van der Waals surface area contributed by atoms with Gasteiger partial charge in [0.15, 0.2) is 0 Å². The Kier molecular flexibility index (Phi) is 7.82. The van der Waals surface area contributed by atoms with Crippen LogP contribution in [-0.2, 0) is 14.3 Å². The average molecular weight is 412 g/mol. The number of carbonyl (C=O) groups excluding carboxylic acids is 2. The molecule has 7 heteroatoms. The van der Waals surface area contributed by atoms with E-state index in [2.05, 4.69) is 27.7 Å². The number of methoxy groups -OCH3 is 1. The fourth-order valence-electron chi connectivity index (χ4n) is 3.46. The van der Waals surface area contributed by atoms with Gasteiger partial charge < -0.3 is 20.1 Å². The zero-order chi connectivity index (χ0) is 21.3. The molecule has 30 heavy (non-hydrogen) atoms. The molecular weight excluding hydrogens is 382 g/mol. The van der Waals surface area contributed by atoms with Gasteiger partial charge in [0, 0.05) is 26.2 Å². The maximum absolute atomic E-state index is 12.2. The topological polar surface area (TPSA) is 79.9 Å². The number of aryl methyl sites for hydroxylation is 1. The van der Waals surface area contributed by atoms with Crippen LogP contribution in [0.5, 0.6) is 5.75 Å². The van der Waals surface area contributed by atoms with E-state index in [9.17, 15) is 9.59 Å². The summed E-state index contributed by atoms with van der Waals surface area (Å²) >= 11 is 0. The number of carbonyl (C=O) groups is 2. The van der Waals surface area contributed by atoms with Crippen molar-refractivity contribution in [3.8, 4) is 5.75 Å². The first kappa shape index (κ1) is 21.8. The van der Waals surface area contributed by atoms with Gasteiger partial charge >= 0.3 is 11.8 Å². The van der Waals surface area contributed by atoms with Gasteiger partial charge in [-0.3, -0.25) is 14.5 Å². The number of benzene rings is 2. The number of nitrogens with zero attached hydrogens (tertiary/aromatic N) is 1. The van der Waals surface area contributed by atoms with Crippen LogP contribution < -0.4 is 15.4 Å². The second-order valence-corrected chi connectivity index (χ2v) is 7.34. The SMILES string of the molecule is COc1ccc(C)cc1NC(=O)C(=O)NCCCN1CCO[C@@H](c2ccccc2)C1. The van der Waals surface area contributed by atoms with Crippen molar-refractivity contribution in [2.75, 3.05) is 45.2 Å². The summed E-state index contributed by atoms with van der Waals surface area (Å²) in [5.74, 6) is -0.834.